The maximum Gasteiger partial charge on any atom is 0.279 e. The molecule has 1 aliphatic heterocycles. The zero-order valence-corrected chi connectivity index (χ0v) is 12.4. The van der Waals surface area contributed by atoms with Crippen molar-refractivity contribution in [2.24, 2.45) is 17.8 Å². The Morgan fingerprint density at radius 3 is 2.61 bits per heavy atom. The van der Waals surface area contributed by atoms with Gasteiger partial charge < -0.3 is 5.11 Å². The van der Waals surface area contributed by atoms with E-state index in [-0.39, 0.29) is 12.5 Å². The molecule has 1 rings (SSSR count). The van der Waals surface area contributed by atoms with Crippen LogP contribution in [0.2, 0.25) is 0 Å². The molecule has 0 amide bonds. The molecule has 0 radical (unpaired) electrons. The van der Waals surface area contributed by atoms with Crippen LogP contribution in [0.1, 0.15) is 33.6 Å². The summed E-state index contributed by atoms with van der Waals surface area (Å²) >= 11 is 0. The van der Waals surface area contributed by atoms with Crippen LogP contribution in [0.3, 0.4) is 0 Å². The summed E-state index contributed by atoms with van der Waals surface area (Å²) in [6.45, 7) is 7.74. The van der Waals surface area contributed by atoms with Gasteiger partial charge in [-0.2, -0.15) is 12.7 Å². The van der Waals surface area contributed by atoms with Crippen molar-refractivity contribution in [3.8, 4) is 0 Å². The fourth-order valence-corrected chi connectivity index (χ4v) is 3.39. The lowest BCUT2D eigenvalue weighted by molar-refractivity contribution is 0.164. The molecular formula is C12H26N2O3S. The third kappa shape index (κ3) is 4.50. The van der Waals surface area contributed by atoms with E-state index in [1.54, 1.807) is 0 Å². The van der Waals surface area contributed by atoms with Gasteiger partial charge in [-0.1, -0.05) is 20.8 Å². The Morgan fingerprint density at radius 2 is 2.06 bits per heavy atom. The summed E-state index contributed by atoms with van der Waals surface area (Å²) in [5.74, 6) is 0.857. The second-order valence-corrected chi connectivity index (χ2v) is 7.38. The van der Waals surface area contributed by atoms with E-state index in [0.717, 1.165) is 12.8 Å². The zero-order chi connectivity index (χ0) is 13.8. The molecule has 18 heavy (non-hydrogen) atoms. The molecule has 2 N–H and O–H groups in total. The second kappa shape index (κ2) is 6.84. The standard InChI is InChI=1S/C12H26N2O3S/c1-10(2)11(3)7-13-18(16,17)14-6-4-5-12(8-14)9-15/h10-13,15H,4-9H2,1-3H3. The smallest absolute Gasteiger partial charge is 0.279 e. The van der Waals surface area contributed by atoms with E-state index in [9.17, 15) is 8.42 Å². The van der Waals surface area contributed by atoms with E-state index in [1.807, 2.05) is 6.92 Å². The summed E-state index contributed by atoms with van der Waals surface area (Å²) in [6.07, 6.45) is 1.73. The highest BCUT2D eigenvalue weighted by atomic mass is 32.2. The van der Waals surface area contributed by atoms with Crippen LogP contribution in [0.4, 0.5) is 0 Å². The average molecular weight is 278 g/mol. The van der Waals surface area contributed by atoms with E-state index in [2.05, 4.69) is 18.6 Å². The topological polar surface area (TPSA) is 69.6 Å². The summed E-state index contributed by atoms with van der Waals surface area (Å²) < 4.78 is 28.3. The lowest BCUT2D eigenvalue weighted by Gasteiger charge is -2.31. The first kappa shape index (κ1) is 15.9. The van der Waals surface area contributed by atoms with E-state index in [0.29, 0.717) is 31.5 Å². The maximum absolute atomic E-state index is 12.1. The van der Waals surface area contributed by atoms with Gasteiger partial charge in [0, 0.05) is 26.2 Å². The summed E-state index contributed by atoms with van der Waals surface area (Å²) in [5.41, 5.74) is 0. The molecule has 1 saturated heterocycles. The number of hydrogen-bond acceptors (Lipinski definition) is 3. The van der Waals surface area contributed by atoms with Gasteiger partial charge in [0.15, 0.2) is 0 Å². The van der Waals surface area contributed by atoms with Crippen LogP contribution in [-0.2, 0) is 10.2 Å². The number of piperidine rings is 1. The normalized spacial score (nSPS) is 24.4. The first-order chi connectivity index (χ1) is 8.36. The van der Waals surface area contributed by atoms with Gasteiger partial charge in [0.2, 0.25) is 0 Å². The third-order valence-corrected chi connectivity index (χ3v) is 5.35. The highest BCUT2D eigenvalue weighted by Gasteiger charge is 2.28. The van der Waals surface area contributed by atoms with Gasteiger partial charge >= 0.3 is 0 Å². The Kier molecular flexibility index (Phi) is 6.04. The number of nitrogens with zero attached hydrogens (tertiary/aromatic N) is 1. The van der Waals surface area contributed by atoms with Crippen molar-refractivity contribution in [3.05, 3.63) is 0 Å². The lowest BCUT2D eigenvalue weighted by Crippen LogP contribution is -2.47. The molecule has 0 spiro atoms. The van der Waals surface area contributed by atoms with Gasteiger partial charge in [-0.25, -0.2) is 4.72 Å². The van der Waals surface area contributed by atoms with E-state index in [1.165, 1.54) is 4.31 Å². The van der Waals surface area contributed by atoms with Gasteiger partial charge in [0.05, 0.1) is 0 Å². The van der Waals surface area contributed by atoms with E-state index >= 15 is 0 Å². The van der Waals surface area contributed by atoms with Crippen LogP contribution in [0.5, 0.6) is 0 Å². The molecule has 1 heterocycles. The molecule has 0 aromatic carbocycles. The lowest BCUT2D eigenvalue weighted by atomic mass is 9.99. The van der Waals surface area contributed by atoms with Crippen LogP contribution in [0, 0.1) is 17.8 Å². The summed E-state index contributed by atoms with van der Waals surface area (Å²) in [7, 11) is -3.38. The van der Waals surface area contributed by atoms with E-state index < -0.39 is 10.2 Å². The van der Waals surface area contributed by atoms with Crippen LogP contribution in [-0.4, -0.2) is 44.1 Å². The molecular weight excluding hydrogens is 252 g/mol. The first-order valence-corrected chi connectivity index (χ1v) is 8.16. The first-order valence-electron chi connectivity index (χ1n) is 6.72. The van der Waals surface area contributed by atoms with Gasteiger partial charge in [0.1, 0.15) is 0 Å². The Bertz CT molecular complexity index is 343. The maximum atomic E-state index is 12.1. The Morgan fingerprint density at radius 1 is 1.39 bits per heavy atom. The Labute approximate surface area is 111 Å². The minimum Gasteiger partial charge on any atom is -0.396 e. The van der Waals surface area contributed by atoms with Gasteiger partial charge in [-0.3, -0.25) is 0 Å². The Hall–Kier alpha value is -0.170. The summed E-state index contributed by atoms with van der Waals surface area (Å²) in [4.78, 5) is 0. The van der Waals surface area contributed by atoms with E-state index in [4.69, 9.17) is 5.11 Å². The zero-order valence-electron chi connectivity index (χ0n) is 11.6. The SMILES string of the molecule is CC(C)C(C)CNS(=O)(=O)N1CCCC(CO)C1. The molecule has 2 unspecified atom stereocenters. The average Bonchev–Trinajstić information content (AvgIpc) is 2.36. The number of rotatable bonds is 6. The van der Waals surface area contributed by atoms with Crippen LogP contribution < -0.4 is 4.72 Å². The van der Waals surface area contributed by atoms with Crippen LogP contribution >= 0.6 is 0 Å². The van der Waals surface area contributed by atoms with Crippen molar-refractivity contribution in [1.29, 1.82) is 0 Å². The van der Waals surface area contributed by atoms with Crippen molar-refractivity contribution in [3.63, 3.8) is 0 Å². The molecule has 2 atom stereocenters. The molecule has 108 valence electrons. The highest BCUT2D eigenvalue weighted by molar-refractivity contribution is 7.87. The number of aliphatic hydroxyl groups excluding tert-OH is 1. The van der Waals surface area contributed by atoms with Crippen LogP contribution in [0.15, 0.2) is 0 Å². The molecule has 1 fully saturated rings. The fraction of sp³-hybridized carbons (Fsp3) is 1.00. The highest BCUT2D eigenvalue weighted by Crippen LogP contribution is 2.18. The molecule has 0 saturated carbocycles. The monoisotopic (exact) mass is 278 g/mol. The molecule has 5 nitrogen and oxygen atoms in total. The minimum atomic E-state index is -3.38. The molecule has 0 aliphatic carbocycles. The molecule has 0 bridgehead atoms. The fourth-order valence-electron chi connectivity index (χ4n) is 1.96. The quantitative estimate of drug-likeness (QED) is 0.755. The number of hydrogen-bond donors (Lipinski definition) is 2. The number of aliphatic hydroxyl groups is 1. The predicted octanol–water partition coefficient (Wildman–Crippen LogP) is 0.817. The predicted molar refractivity (Wildman–Crippen MR) is 72.3 cm³/mol. The molecule has 1 aliphatic rings. The van der Waals surface area contributed by atoms with Crippen LogP contribution in [0.25, 0.3) is 0 Å². The summed E-state index contributed by atoms with van der Waals surface area (Å²) in [6, 6.07) is 0. The summed E-state index contributed by atoms with van der Waals surface area (Å²) in [5, 5.41) is 9.12. The molecule has 0 aromatic heterocycles. The van der Waals surface area contributed by atoms with Gasteiger partial charge in [-0.05, 0) is 30.6 Å². The van der Waals surface area contributed by atoms with Crippen molar-refractivity contribution in [2.45, 2.75) is 33.6 Å². The van der Waals surface area contributed by atoms with Gasteiger partial charge in [-0.15, -0.1) is 0 Å². The number of nitrogens with one attached hydrogen (secondary N) is 1. The van der Waals surface area contributed by atoms with Gasteiger partial charge in [0.25, 0.3) is 10.2 Å². The van der Waals surface area contributed by atoms with Crippen molar-refractivity contribution in [1.82, 2.24) is 9.03 Å². The second-order valence-electron chi connectivity index (χ2n) is 5.62. The molecule has 0 aromatic rings. The largest absolute Gasteiger partial charge is 0.396 e. The van der Waals surface area contributed by atoms with Crippen molar-refractivity contribution < 1.29 is 13.5 Å². The minimum absolute atomic E-state index is 0.0639. The molecule has 6 heteroatoms. The van der Waals surface area contributed by atoms with Crippen molar-refractivity contribution in [2.75, 3.05) is 26.2 Å². The third-order valence-electron chi connectivity index (χ3n) is 3.81. The Balaban J connectivity index is 2.52. The van der Waals surface area contributed by atoms with Crippen molar-refractivity contribution >= 4 is 10.2 Å².